The third-order valence-electron chi connectivity index (χ3n) is 4.34. The van der Waals surface area contributed by atoms with Crippen LogP contribution in [0.15, 0.2) is 24.3 Å². The van der Waals surface area contributed by atoms with Crippen LogP contribution < -0.4 is 4.74 Å². The van der Waals surface area contributed by atoms with E-state index >= 15 is 0 Å². The first-order valence-electron chi connectivity index (χ1n) is 7.93. The molecule has 1 aromatic rings. The first kappa shape index (κ1) is 14.4. The van der Waals surface area contributed by atoms with E-state index in [2.05, 4.69) is 4.90 Å². The Labute approximate surface area is 125 Å². The largest absolute Gasteiger partial charge is 0.493 e. The molecule has 1 aromatic carbocycles. The van der Waals surface area contributed by atoms with E-state index in [1.165, 1.54) is 25.0 Å². The maximum atomic E-state index is 12.8. The van der Waals surface area contributed by atoms with E-state index in [0.717, 1.165) is 25.7 Å². The fourth-order valence-electron chi connectivity index (χ4n) is 3.16. The second kappa shape index (κ2) is 6.46. The van der Waals surface area contributed by atoms with Crippen molar-refractivity contribution >= 4 is 5.91 Å². The van der Waals surface area contributed by atoms with E-state index in [9.17, 15) is 9.18 Å². The smallest absolute Gasteiger partial charge is 0.226 e. The lowest BCUT2D eigenvalue weighted by atomic mass is 10.2. The summed E-state index contributed by atoms with van der Waals surface area (Å²) >= 11 is 0. The molecule has 0 bridgehead atoms. The van der Waals surface area contributed by atoms with Gasteiger partial charge in [-0.3, -0.25) is 4.79 Å². The van der Waals surface area contributed by atoms with E-state index < -0.39 is 0 Å². The average Bonchev–Trinajstić information content (AvgIpc) is 3.16. The van der Waals surface area contributed by atoms with Crippen LogP contribution in [0.3, 0.4) is 0 Å². The Bertz CT molecular complexity index is 478. The average molecular weight is 291 g/mol. The van der Waals surface area contributed by atoms with Crippen LogP contribution in [0, 0.1) is 5.82 Å². The lowest BCUT2D eigenvalue weighted by Gasteiger charge is -2.29. The van der Waals surface area contributed by atoms with Gasteiger partial charge in [0.05, 0.1) is 13.0 Å². The van der Waals surface area contributed by atoms with Crippen molar-refractivity contribution in [3.63, 3.8) is 0 Å². The summed E-state index contributed by atoms with van der Waals surface area (Å²) in [6.45, 7) is 0.362. The van der Waals surface area contributed by atoms with E-state index in [1.807, 2.05) is 0 Å². The highest BCUT2D eigenvalue weighted by Crippen LogP contribution is 2.34. The van der Waals surface area contributed by atoms with Crippen LogP contribution in [-0.2, 0) is 4.79 Å². The minimum absolute atomic E-state index is 0.214. The summed E-state index contributed by atoms with van der Waals surface area (Å²) < 4.78 is 18.3. The van der Waals surface area contributed by atoms with Gasteiger partial charge in [0, 0.05) is 12.1 Å². The van der Waals surface area contributed by atoms with E-state index in [1.54, 1.807) is 12.1 Å². The summed E-state index contributed by atoms with van der Waals surface area (Å²) in [5, 5.41) is 0. The van der Waals surface area contributed by atoms with Gasteiger partial charge in [-0.15, -0.1) is 0 Å². The molecule has 0 unspecified atom stereocenters. The Morgan fingerprint density at radius 1 is 1.10 bits per heavy atom. The molecule has 0 saturated heterocycles. The Morgan fingerprint density at radius 2 is 1.71 bits per heavy atom. The van der Waals surface area contributed by atoms with Gasteiger partial charge in [-0.2, -0.15) is 0 Å². The van der Waals surface area contributed by atoms with Crippen LogP contribution in [0.2, 0.25) is 0 Å². The molecule has 21 heavy (non-hydrogen) atoms. The number of benzene rings is 1. The van der Waals surface area contributed by atoms with Crippen molar-refractivity contribution < 1.29 is 13.9 Å². The lowest BCUT2D eigenvalue weighted by molar-refractivity contribution is -0.134. The molecule has 2 aliphatic carbocycles. The molecule has 0 radical (unpaired) electrons. The standard InChI is InChI=1S/C17H22FNO2/c18-13-5-9-16(10-6-13)21-12-11-17(20)19(15-7-8-15)14-3-1-2-4-14/h5-6,9-10,14-15H,1-4,7-8,11-12H2. The number of amides is 1. The van der Waals surface area contributed by atoms with Crippen LogP contribution in [0.1, 0.15) is 44.9 Å². The summed E-state index contributed by atoms with van der Waals surface area (Å²) in [7, 11) is 0. The van der Waals surface area contributed by atoms with E-state index in [-0.39, 0.29) is 11.7 Å². The number of carbonyl (C=O) groups is 1. The molecule has 3 rings (SSSR count). The molecule has 0 aliphatic heterocycles. The molecule has 114 valence electrons. The molecule has 0 spiro atoms. The molecular formula is C17H22FNO2. The molecule has 2 saturated carbocycles. The fraction of sp³-hybridized carbons (Fsp3) is 0.588. The fourth-order valence-corrected chi connectivity index (χ4v) is 3.16. The third kappa shape index (κ3) is 3.74. The van der Waals surface area contributed by atoms with Crippen LogP contribution in [-0.4, -0.2) is 29.5 Å². The Morgan fingerprint density at radius 3 is 2.33 bits per heavy atom. The minimum Gasteiger partial charge on any atom is -0.493 e. The van der Waals surface area contributed by atoms with E-state index in [4.69, 9.17) is 4.74 Å². The van der Waals surface area contributed by atoms with Gasteiger partial charge in [-0.05, 0) is 49.9 Å². The maximum absolute atomic E-state index is 12.8. The number of carbonyl (C=O) groups excluding carboxylic acids is 1. The van der Waals surface area contributed by atoms with Crippen molar-refractivity contribution in [3.8, 4) is 5.75 Å². The molecule has 0 heterocycles. The predicted octanol–water partition coefficient (Wildman–Crippen LogP) is 3.53. The minimum atomic E-state index is -0.278. The number of rotatable bonds is 6. The quantitative estimate of drug-likeness (QED) is 0.802. The number of nitrogens with zero attached hydrogens (tertiary/aromatic N) is 1. The lowest BCUT2D eigenvalue weighted by Crippen LogP contribution is -2.41. The first-order valence-corrected chi connectivity index (χ1v) is 7.93. The highest BCUT2D eigenvalue weighted by molar-refractivity contribution is 5.77. The summed E-state index contributed by atoms with van der Waals surface area (Å²) in [5.74, 6) is 0.550. The summed E-state index contributed by atoms with van der Waals surface area (Å²) in [6, 6.07) is 6.85. The molecule has 0 atom stereocenters. The zero-order valence-electron chi connectivity index (χ0n) is 12.3. The van der Waals surface area contributed by atoms with Crippen LogP contribution in [0.5, 0.6) is 5.75 Å². The zero-order valence-corrected chi connectivity index (χ0v) is 12.3. The SMILES string of the molecule is O=C(CCOc1ccc(F)cc1)N(C1CCCC1)C1CC1. The van der Waals surface area contributed by atoms with Crippen molar-refractivity contribution in [1.82, 2.24) is 4.90 Å². The van der Waals surface area contributed by atoms with Crippen LogP contribution in [0.4, 0.5) is 4.39 Å². The molecular weight excluding hydrogens is 269 g/mol. The van der Waals surface area contributed by atoms with Crippen molar-refractivity contribution in [2.45, 2.75) is 57.0 Å². The number of ether oxygens (including phenoxy) is 1. The number of hydrogen-bond acceptors (Lipinski definition) is 2. The molecule has 4 heteroatoms. The molecule has 1 amide bonds. The third-order valence-corrected chi connectivity index (χ3v) is 4.34. The molecule has 2 aliphatic rings. The summed E-state index contributed by atoms with van der Waals surface area (Å²) in [6.07, 6.45) is 7.51. The summed E-state index contributed by atoms with van der Waals surface area (Å²) in [5.41, 5.74) is 0. The normalized spacial score (nSPS) is 18.7. The Kier molecular flexibility index (Phi) is 4.42. The Balaban J connectivity index is 1.49. The number of hydrogen-bond donors (Lipinski definition) is 0. The maximum Gasteiger partial charge on any atom is 0.226 e. The van der Waals surface area contributed by atoms with Crippen LogP contribution in [0.25, 0.3) is 0 Å². The summed E-state index contributed by atoms with van der Waals surface area (Å²) in [4.78, 5) is 14.6. The second-order valence-electron chi connectivity index (χ2n) is 6.02. The highest BCUT2D eigenvalue weighted by atomic mass is 19.1. The molecule has 3 nitrogen and oxygen atoms in total. The van der Waals surface area contributed by atoms with Crippen LogP contribution >= 0.6 is 0 Å². The zero-order chi connectivity index (χ0) is 14.7. The first-order chi connectivity index (χ1) is 10.2. The van der Waals surface area contributed by atoms with Gasteiger partial charge in [0.15, 0.2) is 0 Å². The van der Waals surface area contributed by atoms with Gasteiger partial charge in [-0.25, -0.2) is 4.39 Å². The Hall–Kier alpha value is -1.58. The molecule has 0 aromatic heterocycles. The van der Waals surface area contributed by atoms with Gasteiger partial charge >= 0.3 is 0 Å². The van der Waals surface area contributed by atoms with Crippen molar-refractivity contribution in [2.24, 2.45) is 0 Å². The monoisotopic (exact) mass is 291 g/mol. The predicted molar refractivity (Wildman–Crippen MR) is 78.6 cm³/mol. The van der Waals surface area contributed by atoms with Gasteiger partial charge in [0.25, 0.3) is 0 Å². The van der Waals surface area contributed by atoms with Crippen molar-refractivity contribution in [1.29, 1.82) is 0 Å². The van der Waals surface area contributed by atoms with Gasteiger partial charge < -0.3 is 9.64 Å². The second-order valence-corrected chi connectivity index (χ2v) is 6.02. The molecule has 2 fully saturated rings. The van der Waals surface area contributed by atoms with Gasteiger partial charge in [0.1, 0.15) is 11.6 Å². The molecule has 0 N–H and O–H groups in total. The van der Waals surface area contributed by atoms with Gasteiger partial charge in [-0.1, -0.05) is 12.8 Å². The van der Waals surface area contributed by atoms with Crippen molar-refractivity contribution in [2.75, 3.05) is 6.61 Å². The van der Waals surface area contributed by atoms with Crippen molar-refractivity contribution in [3.05, 3.63) is 30.1 Å². The highest BCUT2D eigenvalue weighted by Gasteiger charge is 2.37. The topological polar surface area (TPSA) is 29.5 Å². The van der Waals surface area contributed by atoms with E-state index in [0.29, 0.717) is 30.9 Å². The van der Waals surface area contributed by atoms with Gasteiger partial charge in [0.2, 0.25) is 5.91 Å². The number of halogens is 1.